The third-order valence-electron chi connectivity index (χ3n) is 3.92. The van der Waals surface area contributed by atoms with Crippen LogP contribution in [-0.2, 0) is 14.3 Å². The van der Waals surface area contributed by atoms with Gasteiger partial charge in [0.1, 0.15) is 6.61 Å². The first-order valence-electron chi connectivity index (χ1n) is 7.32. The van der Waals surface area contributed by atoms with Gasteiger partial charge in [-0.1, -0.05) is 0 Å². The van der Waals surface area contributed by atoms with Gasteiger partial charge in [-0.3, -0.25) is 4.79 Å². The Balaban J connectivity index is 1.54. The van der Waals surface area contributed by atoms with Gasteiger partial charge in [-0.25, -0.2) is 0 Å². The molecule has 1 unspecified atom stereocenters. The molecular weight excluding hydrogens is 230 g/mol. The van der Waals surface area contributed by atoms with Crippen LogP contribution in [0.25, 0.3) is 0 Å². The van der Waals surface area contributed by atoms with Crippen LogP contribution in [-0.4, -0.2) is 38.4 Å². The highest BCUT2D eigenvalue weighted by Crippen LogP contribution is 2.18. The number of rotatable bonds is 5. The van der Waals surface area contributed by atoms with E-state index < -0.39 is 0 Å². The highest BCUT2D eigenvalue weighted by Gasteiger charge is 2.18. The van der Waals surface area contributed by atoms with Crippen molar-refractivity contribution in [1.29, 1.82) is 0 Å². The SMILES string of the molecule is O=C(CCC1CCNCC1)OCC1CCCCO1. The van der Waals surface area contributed by atoms with Gasteiger partial charge in [0.2, 0.25) is 0 Å². The molecule has 2 heterocycles. The Bertz CT molecular complexity index is 221. The average Bonchev–Trinajstić information content (AvgIpc) is 2.45. The molecule has 0 radical (unpaired) electrons. The minimum absolute atomic E-state index is 0.0530. The molecule has 2 aliphatic rings. The second-order valence-electron chi connectivity index (χ2n) is 5.40. The standard InChI is InChI=1S/C14H25NO3/c16-14(5-4-12-6-8-15-9-7-12)18-11-13-3-1-2-10-17-13/h12-13,15H,1-11H2. The lowest BCUT2D eigenvalue weighted by Crippen LogP contribution is -2.28. The van der Waals surface area contributed by atoms with E-state index in [0.29, 0.717) is 18.9 Å². The zero-order valence-corrected chi connectivity index (χ0v) is 11.2. The summed E-state index contributed by atoms with van der Waals surface area (Å²) in [6.07, 6.45) is 7.43. The molecule has 0 saturated carbocycles. The molecule has 1 atom stereocenters. The predicted octanol–water partition coefficient (Wildman–Crippen LogP) is 1.88. The molecule has 0 aliphatic carbocycles. The fraction of sp³-hybridized carbons (Fsp3) is 0.929. The van der Waals surface area contributed by atoms with Crippen LogP contribution in [0.1, 0.15) is 44.9 Å². The Kier molecular flexibility index (Phi) is 5.94. The Morgan fingerprint density at radius 2 is 2.06 bits per heavy atom. The lowest BCUT2D eigenvalue weighted by atomic mass is 9.93. The van der Waals surface area contributed by atoms with Gasteiger partial charge in [-0.05, 0) is 57.5 Å². The van der Waals surface area contributed by atoms with Crippen LogP contribution in [0.3, 0.4) is 0 Å². The molecule has 2 saturated heterocycles. The zero-order valence-electron chi connectivity index (χ0n) is 11.2. The maximum Gasteiger partial charge on any atom is 0.305 e. The van der Waals surface area contributed by atoms with E-state index in [9.17, 15) is 4.79 Å². The fourth-order valence-corrected chi connectivity index (χ4v) is 2.69. The summed E-state index contributed by atoms with van der Waals surface area (Å²) in [7, 11) is 0. The number of carbonyl (C=O) groups is 1. The van der Waals surface area contributed by atoms with Gasteiger partial charge in [-0.2, -0.15) is 0 Å². The minimum atomic E-state index is -0.0530. The van der Waals surface area contributed by atoms with Crippen molar-refractivity contribution in [3.8, 4) is 0 Å². The smallest absolute Gasteiger partial charge is 0.305 e. The Morgan fingerprint density at radius 1 is 1.22 bits per heavy atom. The van der Waals surface area contributed by atoms with Gasteiger partial charge in [-0.15, -0.1) is 0 Å². The van der Waals surface area contributed by atoms with Crippen LogP contribution >= 0.6 is 0 Å². The highest BCUT2D eigenvalue weighted by molar-refractivity contribution is 5.69. The fourth-order valence-electron chi connectivity index (χ4n) is 2.69. The van der Waals surface area contributed by atoms with Gasteiger partial charge >= 0.3 is 5.97 Å². The van der Waals surface area contributed by atoms with Gasteiger partial charge in [0, 0.05) is 13.0 Å². The van der Waals surface area contributed by atoms with Crippen LogP contribution in [0, 0.1) is 5.92 Å². The topological polar surface area (TPSA) is 47.6 Å². The number of piperidine rings is 1. The van der Waals surface area contributed by atoms with Crippen LogP contribution in [0.5, 0.6) is 0 Å². The second kappa shape index (κ2) is 7.74. The third kappa shape index (κ3) is 4.94. The summed E-state index contributed by atoms with van der Waals surface area (Å²) < 4.78 is 10.8. The summed E-state index contributed by atoms with van der Waals surface area (Å²) in [5, 5.41) is 3.34. The molecular formula is C14H25NO3. The molecule has 0 amide bonds. The molecule has 104 valence electrons. The van der Waals surface area contributed by atoms with Gasteiger partial charge < -0.3 is 14.8 Å². The second-order valence-corrected chi connectivity index (χ2v) is 5.40. The van der Waals surface area contributed by atoms with Crippen molar-refractivity contribution in [2.75, 3.05) is 26.3 Å². The number of nitrogens with one attached hydrogen (secondary N) is 1. The molecule has 0 bridgehead atoms. The molecule has 4 nitrogen and oxygen atoms in total. The van der Waals surface area contributed by atoms with Crippen molar-refractivity contribution in [3.05, 3.63) is 0 Å². The summed E-state index contributed by atoms with van der Waals surface area (Å²) in [5.41, 5.74) is 0. The van der Waals surface area contributed by atoms with Gasteiger partial charge in [0.15, 0.2) is 0 Å². The number of hydrogen-bond donors (Lipinski definition) is 1. The maximum atomic E-state index is 11.6. The molecule has 0 aromatic heterocycles. The van der Waals surface area contributed by atoms with Crippen LogP contribution < -0.4 is 5.32 Å². The first-order valence-corrected chi connectivity index (χ1v) is 7.32. The first kappa shape index (κ1) is 13.8. The molecule has 18 heavy (non-hydrogen) atoms. The molecule has 0 spiro atoms. The molecule has 2 rings (SSSR count). The quantitative estimate of drug-likeness (QED) is 0.762. The summed E-state index contributed by atoms with van der Waals surface area (Å²) in [4.78, 5) is 11.6. The summed E-state index contributed by atoms with van der Waals surface area (Å²) in [5.74, 6) is 0.646. The van der Waals surface area contributed by atoms with Crippen molar-refractivity contribution in [1.82, 2.24) is 5.32 Å². The molecule has 0 aromatic rings. The monoisotopic (exact) mass is 255 g/mol. The van der Waals surface area contributed by atoms with Crippen molar-refractivity contribution in [2.24, 2.45) is 5.92 Å². The first-order chi connectivity index (χ1) is 8.84. The van der Waals surface area contributed by atoms with E-state index in [1.54, 1.807) is 0 Å². The van der Waals surface area contributed by atoms with Crippen LogP contribution in [0.15, 0.2) is 0 Å². The molecule has 4 heteroatoms. The van der Waals surface area contributed by atoms with Crippen LogP contribution in [0.2, 0.25) is 0 Å². The Labute approximate surface area is 109 Å². The largest absolute Gasteiger partial charge is 0.463 e. The van der Waals surface area contributed by atoms with E-state index in [-0.39, 0.29) is 12.1 Å². The number of hydrogen-bond acceptors (Lipinski definition) is 4. The number of carbonyl (C=O) groups excluding carboxylic acids is 1. The Morgan fingerprint density at radius 3 is 2.78 bits per heavy atom. The van der Waals surface area contributed by atoms with E-state index >= 15 is 0 Å². The predicted molar refractivity (Wildman–Crippen MR) is 69.4 cm³/mol. The highest BCUT2D eigenvalue weighted by atomic mass is 16.6. The zero-order chi connectivity index (χ0) is 12.6. The molecule has 1 N–H and O–H groups in total. The molecule has 2 fully saturated rings. The lowest BCUT2D eigenvalue weighted by molar-refractivity contribution is -0.149. The minimum Gasteiger partial charge on any atom is -0.463 e. The Hall–Kier alpha value is -0.610. The van der Waals surface area contributed by atoms with Crippen molar-refractivity contribution in [2.45, 2.75) is 51.0 Å². The third-order valence-corrected chi connectivity index (χ3v) is 3.92. The maximum absolute atomic E-state index is 11.6. The van der Waals surface area contributed by atoms with Crippen LogP contribution in [0.4, 0.5) is 0 Å². The van der Waals surface area contributed by atoms with Crippen molar-refractivity contribution in [3.63, 3.8) is 0 Å². The van der Waals surface area contributed by atoms with E-state index in [0.717, 1.165) is 39.0 Å². The van der Waals surface area contributed by atoms with Gasteiger partial charge in [0.25, 0.3) is 0 Å². The van der Waals surface area contributed by atoms with Crippen molar-refractivity contribution < 1.29 is 14.3 Å². The normalized spacial score (nSPS) is 25.9. The van der Waals surface area contributed by atoms with E-state index in [4.69, 9.17) is 9.47 Å². The lowest BCUT2D eigenvalue weighted by Gasteiger charge is -2.23. The van der Waals surface area contributed by atoms with E-state index in [1.807, 2.05) is 0 Å². The van der Waals surface area contributed by atoms with E-state index in [1.165, 1.54) is 19.3 Å². The van der Waals surface area contributed by atoms with Crippen molar-refractivity contribution >= 4 is 5.97 Å². The number of esters is 1. The summed E-state index contributed by atoms with van der Waals surface area (Å²) in [6.45, 7) is 3.45. The van der Waals surface area contributed by atoms with E-state index in [2.05, 4.69) is 5.32 Å². The van der Waals surface area contributed by atoms with Gasteiger partial charge in [0.05, 0.1) is 6.10 Å². The average molecular weight is 255 g/mol. The number of ether oxygens (including phenoxy) is 2. The molecule has 0 aromatic carbocycles. The summed E-state index contributed by atoms with van der Waals surface area (Å²) in [6, 6.07) is 0. The summed E-state index contributed by atoms with van der Waals surface area (Å²) >= 11 is 0. The molecule has 2 aliphatic heterocycles.